The van der Waals surface area contributed by atoms with Gasteiger partial charge in [0.1, 0.15) is 0 Å². The Kier molecular flexibility index (Phi) is 8.19. The molecule has 0 N–H and O–H groups in total. The third kappa shape index (κ3) is 5.37. The van der Waals surface area contributed by atoms with E-state index in [1.807, 2.05) is 0 Å². The van der Waals surface area contributed by atoms with E-state index in [0.717, 1.165) is 12.8 Å². The van der Waals surface area contributed by atoms with E-state index in [1.54, 1.807) is 0 Å². The van der Waals surface area contributed by atoms with Crippen molar-refractivity contribution in [3.05, 3.63) is 211 Å². The summed E-state index contributed by atoms with van der Waals surface area (Å²) in [6.07, 6.45) is 11.2. The van der Waals surface area contributed by atoms with E-state index in [2.05, 4.69) is 219 Å². The summed E-state index contributed by atoms with van der Waals surface area (Å²) in [4.78, 5) is 2.72. The van der Waals surface area contributed by atoms with Crippen LogP contribution in [0.15, 0.2) is 200 Å². The number of hydrogen-bond acceptors (Lipinski definition) is 1. The van der Waals surface area contributed by atoms with Crippen molar-refractivity contribution in [3.8, 4) is 33.4 Å². The Bertz CT molecular complexity index is 3110. The highest BCUT2D eigenvalue weighted by Gasteiger charge is 2.50. The maximum absolute atomic E-state index is 2.72. The van der Waals surface area contributed by atoms with Crippen LogP contribution in [0.2, 0.25) is 0 Å². The van der Waals surface area contributed by atoms with Gasteiger partial charge < -0.3 is 4.90 Å². The van der Waals surface area contributed by atoms with Crippen LogP contribution in [0.25, 0.3) is 76.5 Å². The number of fused-ring (bicyclic) bond motifs is 5. The van der Waals surface area contributed by atoms with Crippen molar-refractivity contribution in [1.29, 1.82) is 0 Å². The van der Waals surface area contributed by atoms with Crippen LogP contribution in [0.3, 0.4) is 0 Å². The minimum absolute atomic E-state index is 0.183. The molecule has 278 valence electrons. The van der Waals surface area contributed by atoms with E-state index in [9.17, 15) is 0 Å². The zero-order valence-electron chi connectivity index (χ0n) is 33.1. The number of anilines is 1. The van der Waals surface area contributed by atoms with Gasteiger partial charge in [0.15, 0.2) is 0 Å². The quantitative estimate of drug-likeness (QED) is 0.153. The van der Waals surface area contributed by atoms with Crippen LogP contribution in [0.1, 0.15) is 43.7 Å². The number of benzene rings is 9. The van der Waals surface area contributed by atoms with Crippen molar-refractivity contribution in [2.75, 3.05) is 4.90 Å². The fourth-order valence-corrected chi connectivity index (χ4v) is 10.6. The van der Waals surface area contributed by atoms with Crippen LogP contribution < -0.4 is 4.90 Å². The molecule has 0 amide bonds. The molecule has 0 spiro atoms. The molecule has 3 unspecified atom stereocenters. The number of allylic oxidation sites excluding steroid dienone is 2. The first kappa shape index (κ1) is 34.5. The first-order chi connectivity index (χ1) is 28.6. The molecule has 1 nitrogen and oxygen atoms in total. The van der Waals surface area contributed by atoms with Crippen molar-refractivity contribution >= 4 is 48.8 Å². The van der Waals surface area contributed by atoms with E-state index < -0.39 is 0 Å². The Morgan fingerprint density at radius 2 is 1.05 bits per heavy atom. The Morgan fingerprint density at radius 3 is 1.69 bits per heavy atom. The molecule has 0 radical (unpaired) electrons. The Balaban J connectivity index is 1.10. The van der Waals surface area contributed by atoms with Gasteiger partial charge in [0.2, 0.25) is 0 Å². The van der Waals surface area contributed by atoms with Crippen molar-refractivity contribution in [1.82, 2.24) is 0 Å². The van der Waals surface area contributed by atoms with Crippen LogP contribution in [-0.2, 0) is 5.54 Å². The van der Waals surface area contributed by atoms with E-state index in [4.69, 9.17) is 0 Å². The Labute approximate surface area is 341 Å². The number of rotatable bonds is 6. The van der Waals surface area contributed by atoms with Crippen molar-refractivity contribution in [3.63, 3.8) is 0 Å². The van der Waals surface area contributed by atoms with Crippen LogP contribution in [0.5, 0.6) is 0 Å². The lowest BCUT2D eigenvalue weighted by molar-refractivity contribution is 0.357. The van der Waals surface area contributed by atoms with Gasteiger partial charge in [-0.1, -0.05) is 183 Å². The third-order valence-electron chi connectivity index (χ3n) is 13.4. The summed E-state index contributed by atoms with van der Waals surface area (Å²) in [6.45, 7) is 4.83. The molecular formula is C57H45N. The second kappa shape index (κ2) is 13.7. The molecule has 9 aromatic carbocycles. The van der Waals surface area contributed by atoms with Crippen molar-refractivity contribution in [2.45, 2.75) is 44.2 Å². The zero-order valence-corrected chi connectivity index (χ0v) is 33.1. The Morgan fingerprint density at radius 1 is 0.500 bits per heavy atom. The van der Waals surface area contributed by atoms with Gasteiger partial charge in [-0.2, -0.15) is 0 Å². The van der Waals surface area contributed by atoms with Gasteiger partial charge in [-0.25, -0.2) is 0 Å². The minimum Gasteiger partial charge on any atom is -0.354 e. The van der Waals surface area contributed by atoms with Gasteiger partial charge in [-0.15, -0.1) is 0 Å². The highest BCUT2D eigenvalue weighted by Crippen LogP contribution is 2.56. The average Bonchev–Trinajstić information content (AvgIpc) is 3.56. The van der Waals surface area contributed by atoms with Gasteiger partial charge in [0.05, 0.1) is 11.6 Å². The summed E-state index contributed by atoms with van der Waals surface area (Å²) in [7, 11) is 0. The second-order valence-electron chi connectivity index (χ2n) is 16.4. The topological polar surface area (TPSA) is 3.24 Å². The lowest BCUT2D eigenvalue weighted by Crippen LogP contribution is -2.49. The maximum Gasteiger partial charge on any atom is 0.0701 e. The van der Waals surface area contributed by atoms with Crippen LogP contribution in [0.4, 0.5) is 5.69 Å². The standard InChI is InChI=1S/C57H45N/c1-3-53-51-23-13-14-24-54(51)58(47-19-5-4-6-20-47)57(53,2)46-32-29-40(30-33-46)43-31-34-50-52(37-43)56(45-28-26-39-16-8-10-18-42(39)36-45)49-22-12-11-21-48(49)55(50)44-27-25-38-15-7-9-17-41(38)35-44/h4-19,21-37,47,53H,3,20H2,1-2H3. The second-order valence-corrected chi connectivity index (χ2v) is 16.4. The molecular weight excluding hydrogens is 699 g/mol. The first-order valence-corrected chi connectivity index (χ1v) is 20.9. The van der Waals surface area contributed by atoms with Gasteiger partial charge in [0.25, 0.3) is 0 Å². The average molecular weight is 744 g/mol. The van der Waals surface area contributed by atoms with E-state index >= 15 is 0 Å². The van der Waals surface area contributed by atoms with Gasteiger partial charge >= 0.3 is 0 Å². The first-order valence-electron chi connectivity index (χ1n) is 20.9. The number of para-hydroxylation sites is 1. The van der Waals surface area contributed by atoms with Gasteiger partial charge in [-0.3, -0.25) is 0 Å². The number of nitrogens with zero attached hydrogens (tertiary/aromatic N) is 1. The maximum atomic E-state index is 2.72. The summed E-state index contributed by atoms with van der Waals surface area (Å²) in [6, 6.07) is 66.5. The molecule has 58 heavy (non-hydrogen) atoms. The summed E-state index contributed by atoms with van der Waals surface area (Å²) in [5.74, 6) is 0.390. The smallest absolute Gasteiger partial charge is 0.0701 e. The number of hydrogen-bond donors (Lipinski definition) is 0. The highest BCUT2D eigenvalue weighted by molar-refractivity contribution is 6.22. The monoisotopic (exact) mass is 743 g/mol. The largest absolute Gasteiger partial charge is 0.354 e. The zero-order chi connectivity index (χ0) is 38.8. The Hall–Kier alpha value is -6.70. The fraction of sp³-hybridized carbons (Fsp3) is 0.123. The molecule has 1 heteroatoms. The predicted molar refractivity (Wildman–Crippen MR) is 249 cm³/mol. The van der Waals surface area contributed by atoms with Crippen LogP contribution >= 0.6 is 0 Å². The summed E-state index contributed by atoms with van der Waals surface area (Å²) in [5, 5.41) is 10.1. The fourth-order valence-electron chi connectivity index (χ4n) is 10.6. The van der Waals surface area contributed by atoms with E-state index in [0.29, 0.717) is 12.0 Å². The molecule has 3 atom stereocenters. The minimum atomic E-state index is -0.183. The predicted octanol–water partition coefficient (Wildman–Crippen LogP) is 15.4. The molecule has 2 aliphatic rings. The van der Waals surface area contributed by atoms with Crippen LogP contribution in [-0.4, -0.2) is 6.04 Å². The summed E-state index contributed by atoms with van der Waals surface area (Å²) >= 11 is 0. The molecule has 1 aliphatic carbocycles. The molecule has 0 aromatic heterocycles. The molecule has 0 bridgehead atoms. The van der Waals surface area contributed by atoms with E-state index in [1.165, 1.54) is 93.3 Å². The molecule has 0 fully saturated rings. The van der Waals surface area contributed by atoms with Crippen molar-refractivity contribution in [2.24, 2.45) is 0 Å². The van der Waals surface area contributed by atoms with Gasteiger partial charge in [-0.05, 0) is 132 Å². The molecule has 0 saturated carbocycles. The lowest BCUT2D eigenvalue weighted by atomic mass is 9.76. The van der Waals surface area contributed by atoms with Gasteiger partial charge in [0, 0.05) is 11.6 Å². The molecule has 9 aromatic rings. The molecule has 1 aliphatic heterocycles. The SMILES string of the molecule is CCC1c2ccccc2N(C2C=CC=CC2)C1(C)c1ccc(-c2ccc3c(-c4ccc5ccccc5c4)c4ccccc4c(-c4ccc5ccccc5c4)c3c2)cc1. The van der Waals surface area contributed by atoms with E-state index in [-0.39, 0.29) is 5.54 Å². The highest BCUT2D eigenvalue weighted by atomic mass is 15.3. The van der Waals surface area contributed by atoms with Crippen LogP contribution in [0, 0.1) is 0 Å². The normalized spacial score (nSPS) is 18.8. The van der Waals surface area contributed by atoms with Crippen molar-refractivity contribution < 1.29 is 0 Å². The summed E-state index contributed by atoms with van der Waals surface area (Å²) in [5.41, 5.74) is 11.5. The molecule has 1 heterocycles. The molecule has 11 rings (SSSR count). The lowest BCUT2D eigenvalue weighted by Gasteiger charge is -2.45. The summed E-state index contributed by atoms with van der Waals surface area (Å²) < 4.78 is 0. The third-order valence-corrected chi connectivity index (χ3v) is 13.4. The molecule has 0 saturated heterocycles.